The molecule has 2 N–H and O–H groups in total. The molecule has 0 aromatic heterocycles. The first kappa shape index (κ1) is 17.0. The predicted octanol–water partition coefficient (Wildman–Crippen LogP) is 3.51. The van der Waals surface area contributed by atoms with E-state index in [4.69, 9.17) is 0 Å². The summed E-state index contributed by atoms with van der Waals surface area (Å²) >= 11 is 0. The minimum absolute atomic E-state index is 0.201. The van der Waals surface area contributed by atoms with E-state index in [1.807, 2.05) is 12.1 Å². The van der Waals surface area contributed by atoms with Crippen molar-refractivity contribution in [2.24, 2.45) is 4.99 Å². The van der Waals surface area contributed by atoms with E-state index in [1.165, 1.54) is 11.6 Å². The molecule has 2 rings (SSSR count). The third kappa shape index (κ3) is 5.74. The van der Waals surface area contributed by atoms with Gasteiger partial charge >= 0.3 is 0 Å². The van der Waals surface area contributed by atoms with Gasteiger partial charge in [-0.15, -0.1) is 0 Å². The SMILES string of the molecule is CN=C(NCc1ccccc1F)NC(C)CCc1ccccc1. The van der Waals surface area contributed by atoms with Crippen LogP contribution in [0.15, 0.2) is 59.6 Å². The molecule has 0 saturated heterocycles. The monoisotopic (exact) mass is 313 g/mol. The molecule has 122 valence electrons. The topological polar surface area (TPSA) is 36.4 Å². The third-order valence-corrected chi connectivity index (χ3v) is 3.72. The Morgan fingerprint density at radius 1 is 1.09 bits per heavy atom. The fourth-order valence-electron chi connectivity index (χ4n) is 2.35. The van der Waals surface area contributed by atoms with Gasteiger partial charge < -0.3 is 10.6 Å². The molecule has 0 heterocycles. The molecule has 0 amide bonds. The van der Waals surface area contributed by atoms with Crippen LogP contribution in [0.2, 0.25) is 0 Å². The zero-order valence-corrected chi connectivity index (χ0v) is 13.7. The Morgan fingerprint density at radius 3 is 2.48 bits per heavy atom. The summed E-state index contributed by atoms with van der Waals surface area (Å²) in [6.45, 7) is 2.54. The van der Waals surface area contributed by atoms with Crippen molar-refractivity contribution in [1.82, 2.24) is 10.6 Å². The number of rotatable bonds is 6. The maximum atomic E-state index is 13.6. The standard InChI is InChI=1S/C19H24FN3/c1-15(12-13-16-8-4-3-5-9-16)23-19(21-2)22-14-17-10-6-7-11-18(17)20/h3-11,15H,12-14H2,1-2H3,(H2,21,22,23). The Bertz CT molecular complexity index is 626. The van der Waals surface area contributed by atoms with E-state index in [0.717, 1.165) is 12.8 Å². The average Bonchev–Trinajstić information content (AvgIpc) is 2.59. The van der Waals surface area contributed by atoms with Gasteiger partial charge in [-0.25, -0.2) is 4.39 Å². The van der Waals surface area contributed by atoms with Gasteiger partial charge in [-0.05, 0) is 31.4 Å². The molecule has 0 aliphatic carbocycles. The summed E-state index contributed by atoms with van der Waals surface area (Å²) in [5.74, 6) is 0.487. The van der Waals surface area contributed by atoms with Crippen molar-refractivity contribution in [2.45, 2.75) is 32.4 Å². The maximum absolute atomic E-state index is 13.6. The zero-order chi connectivity index (χ0) is 16.5. The van der Waals surface area contributed by atoms with E-state index < -0.39 is 0 Å². The molecule has 0 aliphatic heterocycles. The number of guanidine groups is 1. The highest BCUT2D eigenvalue weighted by Crippen LogP contribution is 2.06. The lowest BCUT2D eigenvalue weighted by Gasteiger charge is -2.18. The molecule has 0 saturated carbocycles. The van der Waals surface area contributed by atoms with Gasteiger partial charge in [-0.3, -0.25) is 4.99 Å². The molecule has 0 spiro atoms. The summed E-state index contributed by atoms with van der Waals surface area (Å²) in [6.07, 6.45) is 2.02. The first-order valence-corrected chi connectivity index (χ1v) is 7.93. The predicted molar refractivity (Wildman–Crippen MR) is 94.0 cm³/mol. The third-order valence-electron chi connectivity index (χ3n) is 3.72. The normalized spacial score (nSPS) is 12.7. The highest BCUT2D eigenvalue weighted by molar-refractivity contribution is 5.79. The first-order valence-electron chi connectivity index (χ1n) is 7.93. The molecular weight excluding hydrogens is 289 g/mol. The van der Waals surface area contributed by atoms with Crippen LogP contribution in [-0.2, 0) is 13.0 Å². The lowest BCUT2D eigenvalue weighted by Crippen LogP contribution is -2.42. The molecule has 0 aliphatic rings. The van der Waals surface area contributed by atoms with E-state index in [1.54, 1.807) is 19.2 Å². The van der Waals surface area contributed by atoms with Crippen molar-refractivity contribution in [3.8, 4) is 0 Å². The lowest BCUT2D eigenvalue weighted by molar-refractivity contribution is 0.585. The molecule has 23 heavy (non-hydrogen) atoms. The van der Waals surface area contributed by atoms with E-state index >= 15 is 0 Å². The largest absolute Gasteiger partial charge is 0.354 e. The van der Waals surface area contributed by atoms with Gasteiger partial charge in [0.1, 0.15) is 5.82 Å². The van der Waals surface area contributed by atoms with Crippen LogP contribution in [-0.4, -0.2) is 19.0 Å². The number of aryl methyl sites for hydroxylation is 1. The van der Waals surface area contributed by atoms with Crippen molar-refractivity contribution in [3.05, 3.63) is 71.5 Å². The van der Waals surface area contributed by atoms with Gasteiger partial charge in [0, 0.05) is 25.2 Å². The lowest BCUT2D eigenvalue weighted by atomic mass is 10.1. The summed E-state index contributed by atoms with van der Waals surface area (Å²) in [4.78, 5) is 4.20. The van der Waals surface area contributed by atoms with Gasteiger partial charge in [-0.1, -0.05) is 48.5 Å². The molecule has 4 heteroatoms. The summed E-state index contributed by atoms with van der Waals surface area (Å²) in [7, 11) is 1.72. The maximum Gasteiger partial charge on any atom is 0.191 e. The number of hydrogen-bond donors (Lipinski definition) is 2. The van der Waals surface area contributed by atoms with Gasteiger partial charge in [0.25, 0.3) is 0 Å². The second kappa shape index (κ2) is 8.93. The smallest absolute Gasteiger partial charge is 0.191 e. The summed E-state index contributed by atoms with van der Waals surface area (Å²) < 4.78 is 13.6. The molecule has 2 aromatic carbocycles. The molecular formula is C19H24FN3. The van der Waals surface area contributed by atoms with Gasteiger partial charge in [0.05, 0.1) is 0 Å². The van der Waals surface area contributed by atoms with Crippen molar-refractivity contribution < 1.29 is 4.39 Å². The quantitative estimate of drug-likeness (QED) is 0.632. The number of aliphatic imine (C=N–C) groups is 1. The molecule has 1 unspecified atom stereocenters. The van der Waals surface area contributed by atoms with E-state index in [0.29, 0.717) is 18.1 Å². The van der Waals surface area contributed by atoms with Crippen LogP contribution in [0.25, 0.3) is 0 Å². The van der Waals surface area contributed by atoms with Crippen molar-refractivity contribution in [1.29, 1.82) is 0 Å². The van der Waals surface area contributed by atoms with E-state index in [9.17, 15) is 4.39 Å². The van der Waals surface area contributed by atoms with Gasteiger partial charge in [-0.2, -0.15) is 0 Å². The Morgan fingerprint density at radius 2 is 1.78 bits per heavy atom. The van der Waals surface area contributed by atoms with Crippen LogP contribution in [0.5, 0.6) is 0 Å². The van der Waals surface area contributed by atoms with E-state index in [2.05, 4.69) is 46.8 Å². The van der Waals surface area contributed by atoms with Crippen molar-refractivity contribution in [2.75, 3.05) is 7.05 Å². The minimum Gasteiger partial charge on any atom is -0.354 e. The van der Waals surface area contributed by atoms with Crippen LogP contribution in [0, 0.1) is 5.82 Å². The average molecular weight is 313 g/mol. The molecule has 0 radical (unpaired) electrons. The zero-order valence-electron chi connectivity index (χ0n) is 13.7. The fourth-order valence-corrected chi connectivity index (χ4v) is 2.35. The van der Waals surface area contributed by atoms with Gasteiger partial charge in [0.2, 0.25) is 0 Å². The number of nitrogens with one attached hydrogen (secondary N) is 2. The molecule has 1 atom stereocenters. The highest BCUT2D eigenvalue weighted by atomic mass is 19.1. The Balaban J connectivity index is 1.79. The number of halogens is 1. The summed E-state index contributed by atoms with van der Waals surface area (Å²) in [5.41, 5.74) is 1.96. The van der Waals surface area contributed by atoms with Crippen LogP contribution in [0.3, 0.4) is 0 Å². The fraction of sp³-hybridized carbons (Fsp3) is 0.316. The second-order valence-corrected chi connectivity index (χ2v) is 5.59. The summed E-state index contributed by atoms with van der Waals surface area (Å²) in [6, 6.07) is 17.5. The molecule has 0 fully saturated rings. The molecule has 3 nitrogen and oxygen atoms in total. The van der Waals surface area contributed by atoms with Crippen LogP contribution < -0.4 is 10.6 Å². The summed E-state index contributed by atoms with van der Waals surface area (Å²) in [5, 5.41) is 6.50. The Kier molecular flexibility index (Phi) is 6.60. The Hall–Kier alpha value is -2.36. The van der Waals surface area contributed by atoms with Crippen LogP contribution >= 0.6 is 0 Å². The number of benzene rings is 2. The number of hydrogen-bond acceptors (Lipinski definition) is 1. The van der Waals surface area contributed by atoms with Crippen molar-refractivity contribution >= 4 is 5.96 Å². The van der Waals surface area contributed by atoms with Crippen LogP contribution in [0.1, 0.15) is 24.5 Å². The molecule has 2 aromatic rings. The van der Waals surface area contributed by atoms with Crippen molar-refractivity contribution in [3.63, 3.8) is 0 Å². The van der Waals surface area contributed by atoms with Crippen LogP contribution in [0.4, 0.5) is 4.39 Å². The first-order chi connectivity index (χ1) is 11.2. The van der Waals surface area contributed by atoms with Gasteiger partial charge in [0.15, 0.2) is 5.96 Å². The van der Waals surface area contributed by atoms with E-state index in [-0.39, 0.29) is 11.9 Å². The molecule has 0 bridgehead atoms. The highest BCUT2D eigenvalue weighted by Gasteiger charge is 2.07. The second-order valence-electron chi connectivity index (χ2n) is 5.59. The minimum atomic E-state index is -0.201. The number of nitrogens with zero attached hydrogens (tertiary/aromatic N) is 1. The Labute approximate surface area is 137 Å².